The monoisotopic (exact) mass is 510 g/mol. The van der Waals surface area contributed by atoms with Crippen molar-refractivity contribution < 1.29 is 0 Å². The summed E-state index contributed by atoms with van der Waals surface area (Å²) in [6.07, 6.45) is 3.73. The molecule has 0 saturated carbocycles. The van der Waals surface area contributed by atoms with E-state index in [-0.39, 0.29) is 0 Å². The van der Waals surface area contributed by atoms with Crippen LogP contribution in [0.4, 0.5) is 0 Å². The topological polar surface area (TPSA) is 104 Å². The van der Waals surface area contributed by atoms with Crippen LogP contribution in [0.5, 0.6) is 0 Å². The van der Waals surface area contributed by atoms with E-state index in [1.807, 2.05) is 133 Å². The summed E-state index contributed by atoms with van der Waals surface area (Å²) in [5, 5.41) is 0. The van der Waals surface area contributed by atoms with Crippen LogP contribution in [0.15, 0.2) is 133 Å². The zero-order chi connectivity index (χ0) is 25.4. The van der Waals surface area contributed by atoms with Crippen molar-refractivity contribution in [3.05, 3.63) is 156 Å². The molecule has 4 aromatic rings. The maximum absolute atomic E-state index is 6.56. The van der Waals surface area contributed by atoms with Crippen molar-refractivity contribution in [2.75, 3.05) is 0 Å². The number of rotatable bonds is 9. The van der Waals surface area contributed by atoms with Gasteiger partial charge in [0.15, 0.2) is 0 Å². The smallest absolute Gasteiger partial charge is 0.142 e. The summed E-state index contributed by atoms with van der Waals surface area (Å²) in [4.78, 5) is -2.47. The van der Waals surface area contributed by atoms with E-state index in [2.05, 4.69) is 0 Å². The van der Waals surface area contributed by atoms with E-state index in [1.165, 1.54) is 21.6 Å². The SMILES string of the molecule is NC(N)(C=C(c1ccccc1)c1ccccc1)SSC(N)(N)C=C(c1ccccc1)c1ccccc1. The number of benzene rings is 4. The van der Waals surface area contributed by atoms with Gasteiger partial charge in [-0.2, -0.15) is 0 Å². The fourth-order valence-electron chi connectivity index (χ4n) is 3.78. The summed E-state index contributed by atoms with van der Waals surface area (Å²) < 4.78 is 0. The molecular formula is C30H30N4S2. The quantitative estimate of drug-likeness (QED) is 0.168. The van der Waals surface area contributed by atoms with E-state index in [4.69, 9.17) is 22.9 Å². The Labute approximate surface area is 220 Å². The molecule has 8 N–H and O–H groups in total. The fraction of sp³-hybridized carbons (Fsp3) is 0.0667. The summed E-state index contributed by atoms with van der Waals surface area (Å²) in [5.41, 5.74) is 32.2. The molecule has 4 nitrogen and oxygen atoms in total. The Bertz CT molecular complexity index is 1120. The van der Waals surface area contributed by atoms with Gasteiger partial charge >= 0.3 is 0 Å². The zero-order valence-electron chi connectivity index (χ0n) is 19.8. The minimum absolute atomic E-state index is 0.943. The van der Waals surface area contributed by atoms with E-state index in [0.717, 1.165) is 33.4 Å². The largest absolute Gasteiger partial charge is 0.301 e. The Hall–Kier alpha value is -3.10. The van der Waals surface area contributed by atoms with Crippen LogP contribution in [-0.2, 0) is 0 Å². The molecule has 4 rings (SSSR count). The Kier molecular flexibility index (Phi) is 8.48. The highest BCUT2D eigenvalue weighted by Crippen LogP contribution is 2.39. The molecular weight excluding hydrogens is 480 g/mol. The first-order valence-electron chi connectivity index (χ1n) is 11.5. The molecule has 0 aromatic heterocycles. The number of hydrogen-bond acceptors (Lipinski definition) is 6. The van der Waals surface area contributed by atoms with Gasteiger partial charge < -0.3 is 22.9 Å². The van der Waals surface area contributed by atoms with Gasteiger partial charge in [0.25, 0.3) is 0 Å². The highest BCUT2D eigenvalue weighted by atomic mass is 33.1. The Morgan fingerprint density at radius 1 is 0.417 bits per heavy atom. The Morgan fingerprint density at radius 3 is 0.861 bits per heavy atom. The molecule has 182 valence electrons. The van der Waals surface area contributed by atoms with Gasteiger partial charge in [-0.25, -0.2) is 0 Å². The maximum Gasteiger partial charge on any atom is 0.142 e. The van der Waals surface area contributed by atoms with Gasteiger partial charge in [-0.05, 0) is 67.1 Å². The maximum atomic E-state index is 6.56. The minimum Gasteiger partial charge on any atom is -0.301 e. The van der Waals surface area contributed by atoms with Crippen molar-refractivity contribution in [3.63, 3.8) is 0 Å². The lowest BCUT2D eigenvalue weighted by molar-refractivity contribution is 0.798. The molecule has 0 aliphatic heterocycles. The molecule has 6 heteroatoms. The van der Waals surface area contributed by atoms with Crippen molar-refractivity contribution in [1.29, 1.82) is 0 Å². The predicted octanol–water partition coefficient (Wildman–Crippen LogP) is 5.77. The van der Waals surface area contributed by atoms with Crippen LogP contribution < -0.4 is 22.9 Å². The molecule has 4 aromatic carbocycles. The van der Waals surface area contributed by atoms with Crippen molar-refractivity contribution in [3.8, 4) is 0 Å². The summed E-state index contributed by atoms with van der Waals surface area (Å²) >= 11 is 0. The third kappa shape index (κ3) is 7.21. The zero-order valence-corrected chi connectivity index (χ0v) is 21.5. The average molecular weight is 511 g/mol. The van der Waals surface area contributed by atoms with E-state index in [1.54, 1.807) is 0 Å². The van der Waals surface area contributed by atoms with Crippen molar-refractivity contribution in [2.45, 2.75) is 9.99 Å². The van der Waals surface area contributed by atoms with Gasteiger partial charge in [-0.15, -0.1) is 0 Å². The highest BCUT2D eigenvalue weighted by molar-refractivity contribution is 8.77. The molecule has 0 radical (unpaired) electrons. The van der Waals surface area contributed by atoms with Crippen LogP contribution in [0.1, 0.15) is 22.3 Å². The van der Waals surface area contributed by atoms with Crippen LogP contribution in [0, 0.1) is 0 Å². The number of hydrogen-bond donors (Lipinski definition) is 4. The molecule has 0 amide bonds. The van der Waals surface area contributed by atoms with Gasteiger partial charge in [0.2, 0.25) is 0 Å². The molecule has 0 aliphatic carbocycles. The van der Waals surface area contributed by atoms with Crippen LogP contribution in [0.2, 0.25) is 0 Å². The second-order valence-electron chi connectivity index (χ2n) is 8.45. The molecule has 0 aliphatic rings. The van der Waals surface area contributed by atoms with Crippen LogP contribution in [0.25, 0.3) is 11.1 Å². The Balaban J connectivity index is 1.62. The molecule has 0 bridgehead atoms. The molecule has 0 atom stereocenters. The summed E-state index contributed by atoms with van der Waals surface area (Å²) in [6, 6.07) is 40.2. The van der Waals surface area contributed by atoms with Crippen LogP contribution in [0.3, 0.4) is 0 Å². The van der Waals surface area contributed by atoms with Crippen LogP contribution in [-0.4, -0.2) is 9.99 Å². The van der Waals surface area contributed by atoms with E-state index in [0.29, 0.717) is 0 Å². The molecule has 0 unspecified atom stereocenters. The van der Waals surface area contributed by atoms with Crippen LogP contribution >= 0.6 is 21.6 Å². The lowest BCUT2D eigenvalue weighted by atomic mass is 9.97. The summed E-state index contributed by atoms with van der Waals surface area (Å²) in [6.45, 7) is 0. The normalized spacial score (nSPS) is 11.6. The van der Waals surface area contributed by atoms with Gasteiger partial charge in [0.05, 0.1) is 0 Å². The first-order chi connectivity index (χ1) is 17.3. The van der Waals surface area contributed by atoms with Gasteiger partial charge in [-0.1, -0.05) is 121 Å². The van der Waals surface area contributed by atoms with Gasteiger partial charge in [0.1, 0.15) is 9.99 Å². The molecule has 0 heterocycles. The fourth-order valence-corrected chi connectivity index (χ4v) is 5.56. The average Bonchev–Trinajstić information content (AvgIpc) is 2.91. The predicted molar refractivity (Wildman–Crippen MR) is 157 cm³/mol. The molecule has 36 heavy (non-hydrogen) atoms. The second-order valence-corrected chi connectivity index (χ2v) is 11.2. The standard InChI is InChI=1S/C30H30N4S2/c31-29(32,21-27(23-13-5-1-6-14-23)24-15-7-2-8-16-24)35-36-30(33,34)22-28(25-17-9-3-10-18-25)26-19-11-4-12-20-26/h1-22H,31-34H2. The van der Waals surface area contributed by atoms with E-state index in [9.17, 15) is 0 Å². The molecule has 0 saturated heterocycles. The number of nitrogens with two attached hydrogens (primary N) is 4. The third-order valence-corrected chi connectivity index (χ3v) is 8.29. The first kappa shape index (κ1) is 26.0. The third-order valence-electron chi connectivity index (χ3n) is 5.41. The van der Waals surface area contributed by atoms with E-state index < -0.39 is 9.99 Å². The summed E-state index contributed by atoms with van der Waals surface area (Å²) in [5.74, 6) is 0. The van der Waals surface area contributed by atoms with Crippen molar-refractivity contribution in [1.82, 2.24) is 0 Å². The molecule has 0 fully saturated rings. The lowest BCUT2D eigenvalue weighted by Gasteiger charge is -2.27. The van der Waals surface area contributed by atoms with Crippen molar-refractivity contribution >= 4 is 32.7 Å². The Morgan fingerprint density at radius 2 is 0.639 bits per heavy atom. The van der Waals surface area contributed by atoms with Gasteiger partial charge in [-0.3, -0.25) is 0 Å². The first-order valence-corrected chi connectivity index (χ1v) is 13.7. The van der Waals surface area contributed by atoms with E-state index >= 15 is 0 Å². The highest BCUT2D eigenvalue weighted by Gasteiger charge is 2.27. The summed E-state index contributed by atoms with van der Waals surface area (Å²) in [7, 11) is 2.47. The lowest BCUT2D eigenvalue weighted by Crippen LogP contribution is -2.47. The second kappa shape index (κ2) is 11.8. The van der Waals surface area contributed by atoms with Gasteiger partial charge in [0, 0.05) is 0 Å². The molecule has 0 spiro atoms. The van der Waals surface area contributed by atoms with Crippen molar-refractivity contribution in [2.24, 2.45) is 22.9 Å². The minimum atomic E-state index is -1.23.